The molecule has 2 aliphatic heterocycles. The molecule has 4 aliphatic rings. The lowest BCUT2D eigenvalue weighted by Crippen LogP contribution is -2.41. The second-order valence-electron chi connectivity index (χ2n) is 7.60. The van der Waals surface area contributed by atoms with Crippen LogP contribution in [0.15, 0.2) is 17.7 Å². The molecular formula is C18H20ClN3OS. The quantitative estimate of drug-likeness (QED) is 0.755. The van der Waals surface area contributed by atoms with E-state index in [4.69, 9.17) is 11.6 Å². The molecule has 6 heteroatoms. The molecule has 6 rings (SSSR count). The van der Waals surface area contributed by atoms with Crippen LogP contribution in [0.5, 0.6) is 0 Å². The summed E-state index contributed by atoms with van der Waals surface area (Å²) in [5, 5.41) is 2.43. The van der Waals surface area contributed by atoms with E-state index < -0.39 is 0 Å². The highest BCUT2D eigenvalue weighted by Crippen LogP contribution is 2.47. The Morgan fingerprint density at radius 3 is 2.75 bits per heavy atom. The van der Waals surface area contributed by atoms with Crippen molar-refractivity contribution in [2.75, 3.05) is 6.54 Å². The molecule has 2 aliphatic carbocycles. The number of halogens is 1. The third kappa shape index (κ3) is 2.40. The topological polar surface area (TPSA) is 37.6 Å². The van der Waals surface area contributed by atoms with E-state index in [0.29, 0.717) is 17.1 Å². The van der Waals surface area contributed by atoms with Gasteiger partial charge in [0.2, 0.25) is 5.91 Å². The lowest BCUT2D eigenvalue weighted by atomic mass is 9.68. The standard InChI is InChI=1S/C18H20ClN3OS/c19-17-15(21-3-4-24-18(21)20-17)1-2-16(23)22-10-13-6-11-5-12(7-13)9-14(22)8-11/h1-4,11-14H,5-10H2. The third-order valence-electron chi connectivity index (χ3n) is 6.03. The summed E-state index contributed by atoms with van der Waals surface area (Å²) in [6.45, 7) is 0.939. The fourth-order valence-electron chi connectivity index (χ4n) is 5.23. The van der Waals surface area contributed by atoms with Crippen molar-refractivity contribution in [2.45, 2.75) is 38.1 Å². The van der Waals surface area contributed by atoms with Crippen LogP contribution in [-0.2, 0) is 4.79 Å². The van der Waals surface area contributed by atoms with Gasteiger partial charge in [-0.25, -0.2) is 4.98 Å². The number of aromatic nitrogens is 2. The van der Waals surface area contributed by atoms with Crippen molar-refractivity contribution in [3.63, 3.8) is 0 Å². The van der Waals surface area contributed by atoms with E-state index in [0.717, 1.165) is 29.0 Å². The molecule has 2 aromatic rings. The zero-order valence-electron chi connectivity index (χ0n) is 13.4. The molecule has 2 unspecified atom stereocenters. The number of hydrogen-bond acceptors (Lipinski definition) is 3. The van der Waals surface area contributed by atoms with E-state index in [1.807, 2.05) is 22.1 Å². The first-order chi connectivity index (χ1) is 11.7. The summed E-state index contributed by atoms with van der Waals surface area (Å²) < 4.78 is 1.94. The molecule has 0 spiro atoms. The summed E-state index contributed by atoms with van der Waals surface area (Å²) in [5.74, 6) is 2.54. The highest BCUT2D eigenvalue weighted by molar-refractivity contribution is 7.15. The van der Waals surface area contributed by atoms with Gasteiger partial charge >= 0.3 is 0 Å². The molecule has 0 N–H and O–H groups in total. The maximum atomic E-state index is 12.9. The molecule has 2 atom stereocenters. The average molecular weight is 362 g/mol. The van der Waals surface area contributed by atoms with Crippen molar-refractivity contribution >= 4 is 39.9 Å². The zero-order chi connectivity index (χ0) is 16.3. The molecule has 2 saturated carbocycles. The number of fused-ring (bicyclic) bond motifs is 2. The van der Waals surface area contributed by atoms with Crippen LogP contribution in [0.3, 0.4) is 0 Å². The smallest absolute Gasteiger partial charge is 0.246 e. The van der Waals surface area contributed by atoms with Gasteiger partial charge in [0.25, 0.3) is 0 Å². The van der Waals surface area contributed by atoms with Gasteiger partial charge < -0.3 is 4.90 Å². The molecule has 1 amide bonds. The molecule has 4 bridgehead atoms. The van der Waals surface area contributed by atoms with Crippen molar-refractivity contribution in [1.29, 1.82) is 0 Å². The first-order valence-electron chi connectivity index (χ1n) is 8.77. The van der Waals surface area contributed by atoms with Crippen molar-refractivity contribution in [3.8, 4) is 0 Å². The Morgan fingerprint density at radius 1 is 1.21 bits per heavy atom. The first-order valence-corrected chi connectivity index (χ1v) is 10.0. The number of imidazole rings is 1. The fraction of sp³-hybridized carbons (Fsp3) is 0.556. The maximum Gasteiger partial charge on any atom is 0.246 e. The summed E-state index contributed by atoms with van der Waals surface area (Å²) in [6, 6.07) is 0.445. The van der Waals surface area contributed by atoms with E-state index in [9.17, 15) is 4.79 Å². The van der Waals surface area contributed by atoms with E-state index in [1.54, 1.807) is 17.4 Å². The third-order valence-corrected chi connectivity index (χ3v) is 7.06. The predicted molar refractivity (Wildman–Crippen MR) is 96.2 cm³/mol. The normalized spacial score (nSPS) is 32.1. The van der Waals surface area contributed by atoms with Crippen LogP contribution in [0.2, 0.25) is 5.15 Å². The summed E-state index contributed by atoms with van der Waals surface area (Å²) >= 11 is 7.76. The molecule has 4 heterocycles. The Kier molecular flexibility index (Phi) is 3.49. The van der Waals surface area contributed by atoms with Gasteiger partial charge in [-0.2, -0.15) is 0 Å². The number of carbonyl (C=O) groups excluding carboxylic acids is 1. The van der Waals surface area contributed by atoms with Crippen LogP contribution in [0.1, 0.15) is 37.8 Å². The molecule has 2 aromatic heterocycles. The Labute approximate surface area is 150 Å². The van der Waals surface area contributed by atoms with Gasteiger partial charge in [0.15, 0.2) is 10.1 Å². The Bertz CT molecular complexity index is 811. The maximum absolute atomic E-state index is 12.9. The Hall–Kier alpha value is -1.33. The number of amides is 1. The number of rotatable bonds is 2. The highest BCUT2D eigenvalue weighted by Gasteiger charge is 2.43. The van der Waals surface area contributed by atoms with E-state index in [2.05, 4.69) is 9.88 Å². The van der Waals surface area contributed by atoms with Crippen molar-refractivity contribution in [1.82, 2.24) is 14.3 Å². The molecule has 0 radical (unpaired) electrons. The van der Waals surface area contributed by atoms with E-state index in [1.165, 1.54) is 32.1 Å². The average Bonchev–Trinajstić information content (AvgIpc) is 3.03. The van der Waals surface area contributed by atoms with Crippen molar-refractivity contribution in [2.24, 2.45) is 17.8 Å². The van der Waals surface area contributed by atoms with Crippen molar-refractivity contribution in [3.05, 3.63) is 28.5 Å². The molecule has 0 aromatic carbocycles. The first kappa shape index (κ1) is 15.0. The Morgan fingerprint density at radius 2 is 1.96 bits per heavy atom. The van der Waals surface area contributed by atoms with Gasteiger partial charge in [-0.1, -0.05) is 11.6 Å². The van der Waals surface area contributed by atoms with E-state index >= 15 is 0 Å². The SMILES string of the molecule is O=C(C=Cc1c(Cl)nc2sccn12)N1CC2CC3CC(C2)CC1C3. The predicted octanol–water partition coefficient (Wildman–Crippen LogP) is 4.10. The van der Waals surface area contributed by atoms with Gasteiger partial charge in [0.05, 0.1) is 5.69 Å². The molecule has 2 saturated heterocycles. The molecule has 4 fully saturated rings. The zero-order valence-corrected chi connectivity index (χ0v) is 15.0. The van der Waals surface area contributed by atoms with Crippen LogP contribution < -0.4 is 0 Å². The fourth-order valence-corrected chi connectivity index (χ4v) is 6.23. The van der Waals surface area contributed by atoms with Crippen LogP contribution in [0.4, 0.5) is 0 Å². The minimum absolute atomic E-state index is 0.134. The van der Waals surface area contributed by atoms with Crippen LogP contribution in [0.25, 0.3) is 11.0 Å². The van der Waals surface area contributed by atoms with Crippen LogP contribution in [0, 0.1) is 17.8 Å². The van der Waals surface area contributed by atoms with Gasteiger partial charge in [0.1, 0.15) is 0 Å². The second kappa shape index (κ2) is 5.60. The lowest BCUT2D eigenvalue weighted by Gasteiger charge is -2.38. The number of nitrogens with zero attached hydrogens (tertiary/aromatic N) is 3. The van der Waals surface area contributed by atoms with Crippen molar-refractivity contribution < 1.29 is 4.79 Å². The van der Waals surface area contributed by atoms with Gasteiger partial charge in [0, 0.05) is 30.2 Å². The minimum atomic E-state index is 0.134. The van der Waals surface area contributed by atoms with E-state index in [-0.39, 0.29) is 5.91 Å². The second-order valence-corrected chi connectivity index (χ2v) is 8.83. The highest BCUT2D eigenvalue weighted by atomic mass is 35.5. The molecular weight excluding hydrogens is 342 g/mol. The number of thiazole rings is 1. The minimum Gasteiger partial charge on any atom is -0.336 e. The van der Waals surface area contributed by atoms with Crippen LogP contribution >= 0.6 is 22.9 Å². The van der Waals surface area contributed by atoms with Crippen LogP contribution in [-0.4, -0.2) is 32.8 Å². The number of hydrogen-bond donors (Lipinski definition) is 0. The molecule has 126 valence electrons. The molecule has 4 nitrogen and oxygen atoms in total. The summed E-state index contributed by atoms with van der Waals surface area (Å²) in [5.41, 5.74) is 0.793. The lowest BCUT2D eigenvalue weighted by molar-refractivity contribution is -0.128. The van der Waals surface area contributed by atoms with Gasteiger partial charge in [-0.3, -0.25) is 9.20 Å². The monoisotopic (exact) mass is 361 g/mol. The number of carbonyl (C=O) groups is 1. The summed E-state index contributed by atoms with van der Waals surface area (Å²) in [7, 11) is 0. The summed E-state index contributed by atoms with van der Waals surface area (Å²) in [6.07, 6.45) is 11.9. The van der Waals surface area contributed by atoms with Gasteiger partial charge in [-0.05, 0) is 55.9 Å². The summed E-state index contributed by atoms with van der Waals surface area (Å²) in [4.78, 5) is 20.2. The molecule has 24 heavy (non-hydrogen) atoms. The largest absolute Gasteiger partial charge is 0.336 e. The van der Waals surface area contributed by atoms with Gasteiger partial charge in [-0.15, -0.1) is 11.3 Å². The Balaban J connectivity index is 1.40.